The van der Waals surface area contributed by atoms with Crippen LogP contribution in [0.1, 0.15) is 6.92 Å². The van der Waals surface area contributed by atoms with E-state index < -0.39 is 6.14 Å². The van der Waals surface area contributed by atoms with Gasteiger partial charge in [-0.3, -0.25) is 4.21 Å². The molecule has 0 atom stereocenters. The second-order valence-electron chi connectivity index (χ2n) is 1.09. The van der Waals surface area contributed by atoms with Crippen LogP contribution in [0, 0.1) is 0 Å². The Morgan fingerprint density at radius 2 is 2.29 bits per heavy atom. The maximum absolute atomic E-state index is 10.9. The SMILES string of the molecule is CC[SH](=O)(I)SC. The van der Waals surface area contributed by atoms with Crippen LogP contribution in [-0.2, 0) is 6.14 Å². The Morgan fingerprint density at radius 3 is 2.29 bits per heavy atom. The van der Waals surface area contributed by atoms with Crippen LogP contribution in [0.4, 0.5) is 0 Å². The molecule has 0 aliphatic carbocycles. The summed E-state index contributed by atoms with van der Waals surface area (Å²) in [7, 11) is 1.47. The van der Waals surface area contributed by atoms with E-state index in [9.17, 15) is 4.21 Å². The van der Waals surface area contributed by atoms with Crippen LogP contribution >= 0.6 is 32.0 Å². The summed E-state index contributed by atoms with van der Waals surface area (Å²) in [5, 5.41) is 0. The highest BCUT2D eigenvalue weighted by molar-refractivity contribution is 14.2. The summed E-state index contributed by atoms with van der Waals surface area (Å²) in [6, 6.07) is 0. The molecular formula is C3H9IOS2. The van der Waals surface area contributed by atoms with E-state index in [1.54, 1.807) is 0 Å². The van der Waals surface area contributed by atoms with E-state index >= 15 is 0 Å². The maximum Gasteiger partial charge on any atom is 0.0151 e. The predicted molar refractivity (Wildman–Crippen MR) is 47.6 cm³/mol. The molecule has 4 heteroatoms. The van der Waals surface area contributed by atoms with Crippen molar-refractivity contribution in [2.75, 3.05) is 12.0 Å². The molecule has 0 N–H and O–H groups in total. The topological polar surface area (TPSA) is 17.1 Å². The fourth-order valence-electron chi connectivity index (χ4n) is 0.129. The lowest BCUT2D eigenvalue weighted by Gasteiger charge is -2.07. The van der Waals surface area contributed by atoms with Crippen molar-refractivity contribution in [3.8, 4) is 0 Å². The minimum atomic E-state index is -1.77. The maximum atomic E-state index is 10.9. The predicted octanol–water partition coefficient (Wildman–Crippen LogP) is 1.65. The molecule has 0 saturated carbocycles. The lowest BCUT2D eigenvalue weighted by Crippen LogP contribution is -1.95. The van der Waals surface area contributed by atoms with Gasteiger partial charge in [-0.1, -0.05) is 17.7 Å². The molecule has 0 fully saturated rings. The Kier molecular flexibility index (Phi) is 3.87. The first-order valence-electron chi connectivity index (χ1n) is 1.97. The molecule has 0 bridgehead atoms. The quantitative estimate of drug-likeness (QED) is 0.348. The number of thiol groups is 1. The minimum Gasteiger partial charge on any atom is -0.266 e. The average Bonchev–Trinajstić information content (AvgIpc) is 1.68. The van der Waals surface area contributed by atoms with E-state index in [1.165, 1.54) is 10.8 Å². The number of hydrogen-bond donors (Lipinski definition) is 1. The van der Waals surface area contributed by atoms with Crippen LogP contribution in [0.5, 0.6) is 0 Å². The average molecular weight is 252 g/mol. The van der Waals surface area contributed by atoms with Crippen LogP contribution in [-0.4, -0.2) is 16.2 Å². The highest BCUT2D eigenvalue weighted by Crippen LogP contribution is 2.26. The van der Waals surface area contributed by atoms with Crippen LogP contribution in [0.15, 0.2) is 0 Å². The van der Waals surface area contributed by atoms with E-state index in [4.69, 9.17) is 0 Å². The van der Waals surface area contributed by atoms with Crippen LogP contribution in [0.25, 0.3) is 0 Å². The second kappa shape index (κ2) is 3.29. The van der Waals surface area contributed by atoms with E-state index in [2.05, 4.69) is 0 Å². The zero-order valence-electron chi connectivity index (χ0n) is 4.35. The smallest absolute Gasteiger partial charge is 0.0151 e. The third kappa shape index (κ3) is 3.78. The molecule has 1 nitrogen and oxygen atoms in total. The van der Waals surface area contributed by atoms with Crippen molar-refractivity contribution in [2.24, 2.45) is 0 Å². The molecule has 0 aromatic rings. The minimum absolute atomic E-state index is 0.800. The van der Waals surface area contributed by atoms with Crippen LogP contribution in [0.2, 0.25) is 0 Å². The summed E-state index contributed by atoms with van der Waals surface area (Å²) in [5.41, 5.74) is 0. The van der Waals surface area contributed by atoms with Gasteiger partial charge in [-0.15, -0.1) is 0 Å². The summed E-state index contributed by atoms with van der Waals surface area (Å²) in [6.45, 7) is 1.95. The van der Waals surface area contributed by atoms with Crippen molar-refractivity contribution in [2.45, 2.75) is 6.92 Å². The van der Waals surface area contributed by atoms with Gasteiger partial charge < -0.3 is 0 Å². The van der Waals surface area contributed by atoms with Gasteiger partial charge >= 0.3 is 0 Å². The molecule has 0 unspecified atom stereocenters. The first-order chi connectivity index (χ1) is 3.12. The molecule has 0 saturated heterocycles. The first kappa shape index (κ1) is 8.23. The monoisotopic (exact) mass is 252 g/mol. The van der Waals surface area contributed by atoms with Gasteiger partial charge in [0.25, 0.3) is 0 Å². The van der Waals surface area contributed by atoms with Gasteiger partial charge in [0.2, 0.25) is 0 Å². The van der Waals surface area contributed by atoms with Crippen LogP contribution in [0.3, 0.4) is 0 Å². The summed E-state index contributed by atoms with van der Waals surface area (Å²) in [5.74, 6) is 0.800. The van der Waals surface area contributed by atoms with Gasteiger partial charge in [-0.25, -0.2) is 0 Å². The zero-order chi connectivity index (χ0) is 5.91. The highest BCUT2D eigenvalue weighted by Gasteiger charge is 2.01. The van der Waals surface area contributed by atoms with E-state index in [-0.39, 0.29) is 0 Å². The molecular weight excluding hydrogens is 243 g/mol. The number of hydrogen-bond acceptors (Lipinski definition) is 2. The lowest BCUT2D eigenvalue weighted by atomic mass is 11.0. The molecule has 0 aliphatic rings. The Hall–Kier alpha value is 1.23. The highest BCUT2D eigenvalue weighted by atomic mass is 127. The fraction of sp³-hybridized carbons (Fsp3) is 1.00. The molecule has 0 heterocycles. The Bertz CT molecular complexity index is 84.9. The molecule has 0 aromatic heterocycles. The number of rotatable bonds is 2. The standard InChI is InChI=1S/C3H9IOS2/c1-3-7(4,5)6-2/h7H,3H2,1-2H3. The van der Waals surface area contributed by atoms with Gasteiger partial charge in [0.05, 0.1) is 0 Å². The Morgan fingerprint density at radius 1 is 1.86 bits per heavy atom. The van der Waals surface area contributed by atoms with Crippen molar-refractivity contribution in [1.29, 1.82) is 0 Å². The van der Waals surface area contributed by atoms with Crippen molar-refractivity contribution in [1.82, 2.24) is 0 Å². The zero-order valence-corrected chi connectivity index (χ0v) is 8.22. The van der Waals surface area contributed by atoms with Gasteiger partial charge in [-0.05, 0) is 12.4 Å². The van der Waals surface area contributed by atoms with Crippen molar-refractivity contribution in [3.05, 3.63) is 0 Å². The van der Waals surface area contributed by atoms with Gasteiger partial charge in [0, 0.05) is 27.0 Å². The van der Waals surface area contributed by atoms with Crippen molar-refractivity contribution in [3.63, 3.8) is 0 Å². The Balaban J connectivity index is 3.61. The van der Waals surface area contributed by atoms with Gasteiger partial charge in [-0.2, -0.15) is 0 Å². The second-order valence-corrected chi connectivity index (χ2v) is 12.8. The summed E-state index contributed by atoms with van der Waals surface area (Å²) in [4.78, 5) is 0. The molecule has 0 rings (SSSR count). The van der Waals surface area contributed by atoms with E-state index in [0.29, 0.717) is 0 Å². The molecule has 46 valence electrons. The van der Waals surface area contributed by atoms with Gasteiger partial charge in [0.1, 0.15) is 0 Å². The molecule has 0 aliphatic heterocycles. The van der Waals surface area contributed by atoms with Crippen LogP contribution < -0.4 is 0 Å². The molecule has 0 aromatic carbocycles. The fourth-order valence-corrected chi connectivity index (χ4v) is 1.16. The lowest BCUT2D eigenvalue weighted by molar-refractivity contribution is 0.691. The third-order valence-corrected chi connectivity index (χ3v) is 9.95. The molecule has 7 heavy (non-hydrogen) atoms. The first-order valence-corrected chi connectivity index (χ1v) is 8.47. The molecule has 0 radical (unpaired) electrons. The largest absolute Gasteiger partial charge is 0.266 e. The van der Waals surface area contributed by atoms with Crippen molar-refractivity contribution >= 4 is 38.1 Å². The summed E-state index contributed by atoms with van der Waals surface area (Å²) >= 11 is 2.02. The normalized spacial score (nSPS) is 14.1. The van der Waals surface area contributed by atoms with E-state index in [1.807, 2.05) is 34.4 Å². The molecule has 0 amide bonds. The van der Waals surface area contributed by atoms with E-state index in [0.717, 1.165) is 5.75 Å². The van der Waals surface area contributed by atoms with Gasteiger partial charge in [0.15, 0.2) is 0 Å². The third-order valence-electron chi connectivity index (χ3n) is 0.650. The number of halogens is 1. The summed E-state index contributed by atoms with van der Waals surface area (Å²) in [6.07, 6.45) is 0.118. The van der Waals surface area contributed by atoms with Crippen molar-refractivity contribution < 1.29 is 4.21 Å². The summed E-state index contributed by atoms with van der Waals surface area (Å²) < 4.78 is 10.9. The Labute approximate surface area is 61.0 Å². The molecule has 0 spiro atoms.